The summed E-state index contributed by atoms with van der Waals surface area (Å²) in [6.45, 7) is 3.20. The van der Waals surface area contributed by atoms with E-state index in [1.165, 1.54) is 0 Å². The molecule has 1 atom stereocenters. The van der Waals surface area contributed by atoms with Crippen LogP contribution in [0, 0.1) is 6.92 Å². The van der Waals surface area contributed by atoms with E-state index < -0.39 is 0 Å². The number of amides is 1. The molecule has 5 nitrogen and oxygen atoms in total. The molecule has 2 aromatic heterocycles. The zero-order chi connectivity index (χ0) is 15.5. The van der Waals surface area contributed by atoms with Gasteiger partial charge < -0.3 is 15.1 Å². The van der Waals surface area contributed by atoms with Gasteiger partial charge in [-0.1, -0.05) is 6.07 Å². The van der Waals surface area contributed by atoms with Gasteiger partial charge in [-0.3, -0.25) is 4.79 Å². The predicted molar refractivity (Wildman–Crippen MR) is 101 cm³/mol. The van der Waals surface area contributed by atoms with Gasteiger partial charge in [0.25, 0.3) is 0 Å². The SMILES string of the molecule is Cc1oc(-c2cccs2)nc1CC(=O)N1CCCCC1CN.Cl.Cl. The van der Waals surface area contributed by atoms with Gasteiger partial charge >= 0.3 is 0 Å². The molecule has 0 spiro atoms. The Bertz CT molecular complexity index is 646. The molecule has 134 valence electrons. The molecule has 1 amide bonds. The minimum atomic E-state index is 0. The van der Waals surface area contributed by atoms with Crippen molar-refractivity contribution in [3.63, 3.8) is 0 Å². The second kappa shape index (κ2) is 9.42. The molecule has 1 saturated heterocycles. The highest BCUT2D eigenvalue weighted by atomic mass is 35.5. The van der Waals surface area contributed by atoms with Crippen LogP contribution >= 0.6 is 36.2 Å². The molecule has 0 saturated carbocycles. The van der Waals surface area contributed by atoms with Crippen LogP contribution in [0.4, 0.5) is 0 Å². The number of carbonyl (C=O) groups is 1. The summed E-state index contributed by atoms with van der Waals surface area (Å²) in [5, 5.41) is 1.99. The van der Waals surface area contributed by atoms with Crippen LogP contribution in [0.2, 0.25) is 0 Å². The zero-order valence-corrected chi connectivity index (χ0v) is 16.0. The third-order valence-corrected chi connectivity index (χ3v) is 5.02. The normalized spacial score (nSPS) is 17.1. The summed E-state index contributed by atoms with van der Waals surface area (Å²) >= 11 is 1.58. The van der Waals surface area contributed by atoms with Gasteiger partial charge in [0.2, 0.25) is 11.8 Å². The molecule has 0 radical (unpaired) electrons. The Balaban J connectivity index is 0.00000144. The highest BCUT2D eigenvalue weighted by Gasteiger charge is 2.27. The molecule has 0 aliphatic carbocycles. The molecule has 3 rings (SSSR count). The number of rotatable bonds is 4. The fraction of sp³-hybridized carbons (Fsp3) is 0.500. The van der Waals surface area contributed by atoms with E-state index in [0.29, 0.717) is 12.4 Å². The van der Waals surface area contributed by atoms with Crippen molar-refractivity contribution in [3.05, 3.63) is 29.0 Å². The smallest absolute Gasteiger partial charge is 0.236 e. The Morgan fingerprint density at radius 3 is 2.92 bits per heavy atom. The number of nitrogens with zero attached hydrogens (tertiary/aromatic N) is 2. The van der Waals surface area contributed by atoms with Gasteiger partial charge in [0.1, 0.15) is 5.76 Å². The summed E-state index contributed by atoms with van der Waals surface area (Å²) < 4.78 is 5.70. The first kappa shape index (κ1) is 21.0. The van der Waals surface area contributed by atoms with E-state index >= 15 is 0 Å². The number of nitrogens with two attached hydrogens (primary N) is 1. The number of halogens is 2. The highest BCUT2D eigenvalue weighted by Crippen LogP contribution is 2.26. The van der Waals surface area contributed by atoms with Crippen molar-refractivity contribution in [2.75, 3.05) is 13.1 Å². The van der Waals surface area contributed by atoms with Gasteiger partial charge in [-0.05, 0) is 37.6 Å². The fourth-order valence-electron chi connectivity index (χ4n) is 2.92. The Kier molecular flexibility index (Phi) is 8.22. The highest BCUT2D eigenvalue weighted by molar-refractivity contribution is 7.13. The van der Waals surface area contributed by atoms with Crippen molar-refractivity contribution in [3.8, 4) is 10.8 Å². The Morgan fingerprint density at radius 2 is 2.25 bits per heavy atom. The fourth-order valence-corrected chi connectivity index (χ4v) is 3.57. The van der Waals surface area contributed by atoms with Crippen LogP contribution in [-0.4, -0.2) is 34.9 Å². The summed E-state index contributed by atoms with van der Waals surface area (Å²) in [5.74, 6) is 1.42. The molecule has 1 aliphatic rings. The number of aryl methyl sites for hydroxylation is 1. The lowest BCUT2D eigenvalue weighted by Crippen LogP contribution is -2.48. The summed E-state index contributed by atoms with van der Waals surface area (Å²) in [7, 11) is 0. The molecule has 1 aliphatic heterocycles. The van der Waals surface area contributed by atoms with Crippen LogP contribution in [0.5, 0.6) is 0 Å². The first-order valence-electron chi connectivity index (χ1n) is 7.68. The quantitative estimate of drug-likeness (QED) is 0.865. The third-order valence-electron chi connectivity index (χ3n) is 4.16. The number of oxazole rings is 1. The molecule has 2 aromatic rings. The van der Waals surface area contributed by atoms with Crippen LogP contribution in [0.25, 0.3) is 10.8 Å². The number of aromatic nitrogens is 1. The van der Waals surface area contributed by atoms with Crippen molar-refractivity contribution in [1.29, 1.82) is 0 Å². The Hall–Kier alpha value is -1.08. The van der Waals surface area contributed by atoms with Gasteiger partial charge in [-0.15, -0.1) is 36.2 Å². The molecular formula is C16H23Cl2N3O2S. The average Bonchev–Trinajstić information content (AvgIpc) is 3.17. The van der Waals surface area contributed by atoms with Crippen molar-refractivity contribution < 1.29 is 9.21 Å². The van der Waals surface area contributed by atoms with E-state index in [-0.39, 0.29) is 43.2 Å². The zero-order valence-electron chi connectivity index (χ0n) is 13.6. The lowest BCUT2D eigenvalue weighted by atomic mass is 10.0. The number of piperidine rings is 1. The minimum absolute atomic E-state index is 0. The van der Waals surface area contributed by atoms with Crippen molar-refractivity contribution >= 4 is 42.1 Å². The van der Waals surface area contributed by atoms with Gasteiger partial charge in [0.05, 0.1) is 17.0 Å². The lowest BCUT2D eigenvalue weighted by molar-refractivity contribution is -0.133. The number of likely N-dealkylation sites (tertiary alicyclic amines) is 1. The standard InChI is InChI=1S/C16H21N3O2S.2ClH/c1-11-13(18-16(21-11)14-6-4-8-22-14)9-15(20)19-7-3-2-5-12(19)10-17;;/h4,6,8,12H,2-3,5,7,9-10,17H2,1H3;2*1H. The molecule has 24 heavy (non-hydrogen) atoms. The van der Waals surface area contributed by atoms with E-state index in [0.717, 1.165) is 42.1 Å². The second-order valence-electron chi connectivity index (χ2n) is 5.65. The van der Waals surface area contributed by atoms with Crippen molar-refractivity contribution in [1.82, 2.24) is 9.88 Å². The monoisotopic (exact) mass is 391 g/mol. The summed E-state index contributed by atoms with van der Waals surface area (Å²) in [6, 6.07) is 4.10. The largest absolute Gasteiger partial charge is 0.440 e. The van der Waals surface area contributed by atoms with Crippen LogP contribution in [0.1, 0.15) is 30.7 Å². The van der Waals surface area contributed by atoms with Crippen molar-refractivity contribution in [2.24, 2.45) is 5.73 Å². The number of hydrogen-bond acceptors (Lipinski definition) is 5. The first-order chi connectivity index (χ1) is 10.7. The van der Waals surface area contributed by atoms with E-state index in [2.05, 4.69) is 4.98 Å². The van der Waals surface area contributed by atoms with E-state index in [9.17, 15) is 4.79 Å². The van der Waals surface area contributed by atoms with Gasteiger partial charge in [0.15, 0.2) is 0 Å². The van der Waals surface area contributed by atoms with Crippen molar-refractivity contribution in [2.45, 2.75) is 38.6 Å². The molecular weight excluding hydrogens is 369 g/mol. The number of thiophene rings is 1. The van der Waals surface area contributed by atoms with Gasteiger partial charge in [-0.2, -0.15) is 0 Å². The Labute approximate surface area is 158 Å². The number of carbonyl (C=O) groups excluding carboxylic acids is 1. The predicted octanol–water partition coefficient (Wildman–Crippen LogP) is 3.44. The molecule has 1 fully saturated rings. The van der Waals surface area contributed by atoms with Crippen LogP contribution in [-0.2, 0) is 11.2 Å². The maximum atomic E-state index is 12.6. The molecule has 2 N–H and O–H groups in total. The number of hydrogen-bond donors (Lipinski definition) is 1. The summed E-state index contributed by atoms with van der Waals surface area (Å²) in [4.78, 5) is 20.0. The first-order valence-corrected chi connectivity index (χ1v) is 8.56. The molecule has 8 heteroatoms. The van der Waals surface area contributed by atoms with Crippen LogP contribution < -0.4 is 5.73 Å². The molecule has 3 heterocycles. The molecule has 0 aromatic carbocycles. The summed E-state index contributed by atoms with van der Waals surface area (Å²) in [5.41, 5.74) is 6.53. The van der Waals surface area contributed by atoms with Gasteiger partial charge in [-0.25, -0.2) is 4.98 Å². The molecule has 0 bridgehead atoms. The maximum absolute atomic E-state index is 12.6. The maximum Gasteiger partial charge on any atom is 0.236 e. The minimum Gasteiger partial charge on any atom is -0.440 e. The summed E-state index contributed by atoms with van der Waals surface area (Å²) in [6.07, 6.45) is 3.50. The Morgan fingerprint density at radius 1 is 1.46 bits per heavy atom. The van der Waals surface area contributed by atoms with E-state index in [4.69, 9.17) is 10.2 Å². The van der Waals surface area contributed by atoms with E-state index in [1.807, 2.05) is 29.3 Å². The van der Waals surface area contributed by atoms with Crippen LogP contribution in [0.15, 0.2) is 21.9 Å². The third kappa shape index (κ3) is 4.51. The average molecular weight is 392 g/mol. The van der Waals surface area contributed by atoms with Gasteiger partial charge in [0, 0.05) is 19.1 Å². The molecule has 1 unspecified atom stereocenters. The lowest BCUT2D eigenvalue weighted by Gasteiger charge is -2.35. The second-order valence-corrected chi connectivity index (χ2v) is 6.60. The topological polar surface area (TPSA) is 72.4 Å². The van der Waals surface area contributed by atoms with E-state index in [1.54, 1.807) is 11.3 Å². The van der Waals surface area contributed by atoms with Crippen LogP contribution in [0.3, 0.4) is 0 Å².